The molecule has 0 saturated heterocycles. The Labute approximate surface area is 117 Å². The molecule has 0 aliphatic carbocycles. The van der Waals surface area contributed by atoms with Crippen LogP contribution in [0, 0.1) is 5.92 Å². The third-order valence-corrected chi connectivity index (χ3v) is 2.88. The highest BCUT2D eigenvalue weighted by atomic mass is 32.2. The Kier molecular flexibility index (Phi) is 12.3. The lowest BCUT2D eigenvalue weighted by molar-refractivity contribution is -0.137. The van der Waals surface area contributed by atoms with Gasteiger partial charge in [0, 0.05) is 6.42 Å². The maximum Gasteiger partial charge on any atom is 0.389 e. The molecule has 0 saturated carbocycles. The first-order chi connectivity index (χ1) is 9.05. The van der Waals surface area contributed by atoms with E-state index in [0.717, 1.165) is 19.3 Å². The van der Waals surface area contributed by atoms with E-state index in [1.54, 1.807) is 0 Å². The Morgan fingerprint density at radius 2 is 1.75 bits per heavy atom. The fourth-order valence-electron chi connectivity index (χ4n) is 1.47. The van der Waals surface area contributed by atoms with E-state index in [4.69, 9.17) is 4.55 Å². The zero-order valence-electron chi connectivity index (χ0n) is 11.6. The Balaban J connectivity index is 0. The van der Waals surface area contributed by atoms with Crippen molar-refractivity contribution < 1.29 is 35.3 Å². The van der Waals surface area contributed by atoms with Gasteiger partial charge in [-0.05, 0) is 12.3 Å². The van der Waals surface area contributed by atoms with Crippen molar-refractivity contribution >= 4 is 10.1 Å². The molecule has 0 bridgehead atoms. The molecule has 20 heavy (non-hydrogen) atoms. The van der Waals surface area contributed by atoms with Gasteiger partial charge in [-0.25, -0.2) is 4.39 Å². The van der Waals surface area contributed by atoms with Crippen LogP contribution in [0.15, 0.2) is 0 Å². The number of hydrogen-bond donors (Lipinski definition) is 1. The Morgan fingerprint density at radius 3 is 2.00 bits per heavy atom. The second kappa shape index (κ2) is 11.3. The summed E-state index contributed by atoms with van der Waals surface area (Å²) in [4.78, 5) is 0. The molecule has 1 N–H and O–H groups in total. The molecule has 1 atom stereocenters. The van der Waals surface area contributed by atoms with Gasteiger partial charge in [0.1, 0.15) is 0 Å². The highest BCUT2D eigenvalue weighted by Crippen LogP contribution is 2.27. The Hall–Kier alpha value is -0.410. The van der Waals surface area contributed by atoms with Crippen LogP contribution in [0.4, 0.5) is 17.6 Å². The van der Waals surface area contributed by atoms with Crippen molar-refractivity contribution in [3.05, 3.63) is 0 Å². The molecule has 1 unspecified atom stereocenters. The number of halogens is 4. The minimum Gasteiger partial charge on any atom is -0.332 e. The van der Waals surface area contributed by atoms with Gasteiger partial charge in [0.2, 0.25) is 0 Å². The standard InChI is InChI=1S/C9H17F3.C2H5FO4S/c1-3-5-8(4-2)6-7-9(10,11)12;3-1-7-2-8(4,5)6/h8H,3-7H2,1-2H3;1-2H2,(H,4,5,6). The largest absolute Gasteiger partial charge is 0.389 e. The fourth-order valence-corrected chi connectivity index (χ4v) is 1.74. The SMILES string of the molecule is CCCC(CC)CCC(F)(F)F.O=S(=O)(O)COCF. The van der Waals surface area contributed by atoms with E-state index in [9.17, 15) is 26.0 Å². The van der Waals surface area contributed by atoms with E-state index < -0.39 is 35.5 Å². The van der Waals surface area contributed by atoms with Gasteiger partial charge in [0.05, 0.1) is 0 Å². The summed E-state index contributed by atoms with van der Waals surface area (Å²) in [5.74, 6) is -0.722. The van der Waals surface area contributed by atoms with Gasteiger partial charge in [-0.15, -0.1) is 0 Å². The van der Waals surface area contributed by atoms with Crippen LogP contribution in [0.25, 0.3) is 0 Å². The van der Waals surface area contributed by atoms with E-state index in [-0.39, 0.29) is 5.92 Å². The smallest absolute Gasteiger partial charge is 0.332 e. The topological polar surface area (TPSA) is 63.6 Å². The number of hydrogen-bond acceptors (Lipinski definition) is 3. The van der Waals surface area contributed by atoms with E-state index in [1.807, 2.05) is 13.8 Å². The molecule has 0 aromatic heterocycles. The number of alkyl halides is 4. The van der Waals surface area contributed by atoms with Crippen molar-refractivity contribution in [3.8, 4) is 0 Å². The molecule has 0 amide bonds. The van der Waals surface area contributed by atoms with Crippen LogP contribution in [-0.2, 0) is 14.9 Å². The summed E-state index contributed by atoms with van der Waals surface area (Å²) in [6.45, 7) is 2.76. The molecule has 0 aliphatic rings. The van der Waals surface area contributed by atoms with Gasteiger partial charge in [0.15, 0.2) is 12.8 Å². The summed E-state index contributed by atoms with van der Waals surface area (Å²) >= 11 is 0. The molecule has 0 aromatic carbocycles. The minimum atomic E-state index is -4.15. The van der Waals surface area contributed by atoms with Gasteiger partial charge >= 0.3 is 6.18 Å². The van der Waals surface area contributed by atoms with Gasteiger partial charge < -0.3 is 4.74 Å². The molecular formula is C11H22F4O4S. The molecule has 4 nitrogen and oxygen atoms in total. The zero-order valence-corrected chi connectivity index (χ0v) is 12.4. The molecule has 0 fully saturated rings. The van der Waals surface area contributed by atoms with Crippen LogP contribution >= 0.6 is 0 Å². The maximum absolute atomic E-state index is 11.8. The molecule has 124 valence electrons. The summed E-state index contributed by atoms with van der Waals surface area (Å²) in [6.07, 6.45) is -1.52. The molecule has 0 aliphatic heterocycles. The summed E-state index contributed by atoms with van der Waals surface area (Å²) in [5.41, 5.74) is 0. The second-order valence-electron chi connectivity index (χ2n) is 4.23. The second-order valence-corrected chi connectivity index (χ2v) is 5.63. The van der Waals surface area contributed by atoms with Crippen LogP contribution in [0.1, 0.15) is 46.0 Å². The van der Waals surface area contributed by atoms with E-state index >= 15 is 0 Å². The Bertz CT molecular complexity index is 317. The van der Waals surface area contributed by atoms with Crippen LogP contribution in [0.2, 0.25) is 0 Å². The maximum atomic E-state index is 11.8. The quantitative estimate of drug-likeness (QED) is 0.542. The van der Waals surface area contributed by atoms with Gasteiger partial charge in [-0.2, -0.15) is 21.6 Å². The average Bonchev–Trinajstić information content (AvgIpc) is 2.30. The number of ether oxygens (including phenoxy) is 1. The predicted molar refractivity (Wildman–Crippen MR) is 67.5 cm³/mol. The van der Waals surface area contributed by atoms with Gasteiger partial charge in [-0.3, -0.25) is 4.55 Å². The minimum absolute atomic E-state index is 0.261. The first kappa shape index (κ1) is 21.9. The van der Waals surface area contributed by atoms with Gasteiger partial charge in [0.25, 0.3) is 10.1 Å². The zero-order chi connectivity index (χ0) is 16.2. The van der Waals surface area contributed by atoms with Crippen LogP contribution in [-0.4, -0.2) is 31.9 Å². The third-order valence-electron chi connectivity index (χ3n) is 2.42. The van der Waals surface area contributed by atoms with Crippen molar-refractivity contribution in [1.82, 2.24) is 0 Å². The summed E-state index contributed by atoms with van der Waals surface area (Å²) in [7, 11) is -4.15. The summed E-state index contributed by atoms with van der Waals surface area (Å²) in [5, 5.41) is 0. The molecule has 0 spiro atoms. The van der Waals surface area contributed by atoms with E-state index in [2.05, 4.69) is 4.74 Å². The van der Waals surface area contributed by atoms with Crippen molar-refractivity contribution in [2.24, 2.45) is 5.92 Å². The fraction of sp³-hybridized carbons (Fsp3) is 1.00. The lowest BCUT2D eigenvalue weighted by Crippen LogP contribution is -2.10. The molecule has 9 heteroatoms. The molecule has 0 heterocycles. The van der Waals surface area contributed by atoms with E-state index in [0.29, 0.717) is 6.42 Å². The van der Waals surface area contributed by atoms with Crippen LogP contribution in [0.3, 0.4) is 0 Å². The highest BCUT2D eigenvalue weighted by Gasteiger charge is 2.27. The van der Waals surface area contributed by atoms with Crippen molar-refractivity contribution in [2.75, 3.05) is 12.8 Å². The van der Waals surface area contributed by atoms with E-state index in [1.165, 1.54) is 0 Å². The molecule has 0 rings (SSSR count). The first-order valence-corrected chi connectivity index (χ1v) is 7.82. The Morgan fingerprint density at radius 1 is 1.20 bits per heavy atom. The van der Waals surface area contributed by atoms with Gasteiger partial charge in [-0.1, -0.05) is 33.1 Å². The van der Waals surface area contributed by atoms with Crippen molar-refractivity contribution in [1.29, 1.82) is 0 Å². The normalized spacial score (nSPS) is 13.6. The third kappa shape index (κ3) is 19.9. The molecule has 0 aromatic rings. The molecular weight excluding hydrogens is 304 g/mol. The number of rotatable bonds is 8. The highest BCUT2D eigenvalue weighted by molar-refractivity contribution is 7.85. The predicted octanol–water partition coefficient (Wildman–Crippen LogP) is 3.93. The lowest BCUT2D eigenvalue weighted by atomic mass is 9.95. The molecule has 0 radical (unpaired) electrons. The first-order valence-electron chi connectivity index (χ1n) is 6.21. The van der Waals surface area contributed by atoms with Crippen LogP contribution in [0.5, 0.6) is 0 Å². The average molecular weight is 326 g/mol. The van der Waals surface area contributed by atoms with Crippen LogP contribution < -0.4 is 0 Å². The summed E-state index contributed by atoms with van der Waals surface area (Å²) < 4.78 is 77.1. The monoisotopic (exact) mass is 326 g/mol. The summed E-state index contributed by atoms with van der Waals surface area (Å²) in [6, 6.07) is 0. The van der Waals surface area contributed by atoms with Crippen molar-refractivity contribution in [2.45, 2.75) is 52.1 Å². The lowest BCUT2D eigenvalue weighted by Gasteiger charge is -2.14. The van der Waals surface area contributed by atoms with Crippen molar-refractivity contribution in [3.63, 3.8) is 0 Å².